The van der Waals surface area contributed by atoms with Gasteiger partial charge >= 0.3 is 0 Å². The summed E-state index contributed by atoms with van der Waals surface area (Å²) >= 11 is 6.07. The van der Waals surface area contributed by atoms with E-state index in [1.807, 2.05) is 31.2 Å². The fraction of sp³-hybridized carbons (Fsp3) is 0.211. The number of rotatable bonds is 2. The predicted molar refractivity (Wildman–Crippen MR) is 106 cm³/mol. The summed E-state index contributed by atoms with van der Waals surface area (Å²) in [5.41, 5.74) is 9.67. The van der Waals surface area contributed by atoms with Crippen LogP contribution in [0.5, 0.6) is 0 Å². The van der Waals surface area contributed by atoms with Crippen LogP contribution in [0.2, 0.25) is 5.02 Å². The van der Waals surface area contributed by atoms with Crippen LogP contribution >= 0.6 is 24.0 Å². The number of nitrogens with zero attached hydrogens (tertiary/aromatic N) is 1. The Morgan fingerprint density at radius 3 is 2.84 bits per heavy atom. The third-order valence-corrected chi connectivity index (χ3v) is 4.64. The lowest BCUT2D eigenvalue weighted by Crippen LogP contribution is -2.37. The highest BCUT2D eigenvalue weighted by molar-refractivity contribution is 6.31. The van der Waals surface area contributed by atoms with Crippen LogP contribution in [0, 0.1) is 0 Å². The molecular formula is C19H19Cl2N3O. The Morgan fingerprint density at radius 2 is 2.04 bits per heavy atom. The Kier molecular flexibility index (Phi) is 4.78. The molecule has 6 heteroatoms. The second-order valence-electron chi connectivity index (χ2n) is 6.37. The summed E-state index contributed by atoms with van der Waals surface area (Å²) in [5, 5.41) is 1.86. The molecule has 1 unspecified atom stereocenters. The second-order valence-corrected chi connectivity index (χ2v) is 6.80. The van der Waals surface area contributed by atoms with E-state index in [1.54, 1.807) is 0 Å². The van der Waals surface area contributed by atoms with Crippen molar-refractivity contribution in [2.24, 2.45) is 10.7 Å². The van der Waals surface area contributed by atoms with Crippen LogP contribution in [0.1, 0.15) is 12.5 Å². The van der Waals surface area contributed by atoms with Crippen molar-refractivity contribution in [3.8, 4) is 11.3 Å². The lowest BCUT2D eigenvalue weighted by atomic mass is 9.91. The van der Waals surface area contributed by atoms with Crippen LogP contribution in [0.15, 0.2) is 53.5 Å². The van der Waals surface area contributed by atoms with E-state index < -0.39 is 5.54 Å². The number of H-pyrrole nitrogens is 1. The van der Waals surface area contributed by atoms with E-state index in [1.165, 1.54) is 0 Å². The third kappa shape index (κ3) is 3.38. The molecule has 1 aliphatic heterocycles. The van der Waals surface area contributed by atoms with E-state index >= 15 is 0 Å². The van der Waals surface area contributed by atoms with Crippen LogP contribution in [-0.4, -0.2) is 24.0 Å². The number of nitrogens with two attached hydrogens (primary N) is 1. The summed E-state index contributed by atoms with van der Waals surface area (Å²) in [6, 6.07) is 16.3. The molecule has 0 saturated heterocycles. The normalized spacial score (nSPS) is 20.2. The van der Waals surface area contributed by atoms with Crippen molar-refractivity contribution in [2.75, 3.05) is 13.2 Å². The Balaban J connectivity index is 0.00000182. The monoisotopic (exact) mass is 375 g/mol. The molecule has 0 saturated carbocycles. The molecule has 2 aromatic carbocycles. The maximum absolute atomic E-state index is 6.07. The van der Waals surface area contributed by atoms with Crippen molar-refractivity contribution in [1.29, 1.82) is 0 Å². The quantitative estimate of drug-likeness (QED) is 0.691. The van der Waals surface area contributed by atoms with Crippen LogP contribution in [0.25, 0.3) is 22.2 Å². The van der Waals surface area contributed by atoms with E-state index in [0.29, 0.717) is 19.0 Å². The van der Waals surface area contributed by atoms with Gasteiger partial charge in [0.15, 0.2) is 0 Å². The number of aromatic nitrogens is 1. The minimum atomic E-state index is -0.451. The maximum Gasteiger partial charge on any atom is 0.121 e. The SMILES string of the molecule is CC1(c2cccc(-c3cc4ccc(Cl)cc4[nH]3)c2)COCC(N)=N1.Cl. The van der Waals surface area contributed by atoms with E-state index in [-0.39, 0.29) is 12.4 Å². The van der Waals surface area contributed by atoms with Crippen molar-refractivity contribution in [1.82, 2.24) is 4.98 Å². The van der Waals surface area contributed by atoms with E-state index in [0.717, 1.165) is 32.7 Å². The van der Waals surface area contributed by atoms with Crippen LogP contribution in [0.4, 0.5) is 0 Å². The summed E-state index contributed by atoms with van der Waals surface area (Å²) < 4.78 is 5.58. The maximum atomic E-state index is 6.07. The number of fused-ring (bicyclic) bond motifs is 1. The molecule has 0 radical (unpaired) electrons. The van der Waals surface area contributed by atoms with Gasteiger partial charge in [-0.2, -0.15) is 0 Å². The Labute approximate surface area is 157 Å². The minimum absolute atomic E-state index is 0. The zero-order chi connectivity index (χ0) is 16.7. The highest BCUT2D eigenvalue weighted by Gasteiger charge is 2.30. The van der Waals surface area contributed by atoms with Crippen LogP contribution in [0.3, 0.4) is 0 Å². The largest absolute Gasteiger partial charge is 0.386 e. The van der Waals surface area contributed by atoms with E-state index in [9.17, 15) is 0 Å². The summed E-state index contributed by atoms with van der Waals surface area (Å²) in [5.74, 6) is 0.536. The number of halogens is 2. The highest BCUT2D eigenvalue weighted by Crippen LogP contribution is 2.32. The van der Waals surface area contributed by atoms with Gasteiger partial charge in [0.1, 0.15) is 18.0 Å². The zero-order valence-corrected chi connectivity index (χ0v) is 15.3. The van der Waals surface area contributed by atoms with Gasteiger partial charge in [0.2, 0.25) is 0 Å². The van der Waals surface area contributed by atoms with Crippen molar-refractivity contribution < 1.29 is 4.74 Å². The van der Waals surface area contributed by atoms with Crippen molar-refractivity contribution in [3.63, 3.8) is 0 Å². The zero-order valence-electron chi connectivity index (χ0n) is 13.8. The molecule has 1 aliphatic rings. The third-order valence-electron chi connectivity index (χ3n) is 4.40. The van der Waals surface area contributed by atoms with E-state index in [2.05, 4.69) is 34.2 Å². The Hall–Kier alpha value is -2.01. The van der Waals surface area contributed by atoms with Gasteiger partial charge in [-0.15, -0.1) is 12.4 Å². The fourth-order valence-corrected chi connectivity index (χ4v) is 3.33. The lowest BCUT2D eigenvalue weighted by molar-refractivity contribution is 0.106. The number of aromatic amines is 1. The molecule has 0 aliphatic carbocycles. The molecule has 130 valence electrons. The number of aliphatic imine (C=N–C) groups is 1. The van der Waals surface area contributed by atoms with Gasteiger partial charge in [-0.25, -0.2) is 0 Å². The number of benzene rings is 2. The number of hydrogen-bond acceptors (Lipinski definition) is 3. The van der Waals surface area contributed by atoms with Crippen molar-refractivity contribution >= 4 is 40.7 Å². The molecule has 4 nitrogen and oxygen atoms in total. The molecule has 0 bridgehead atoms. The fourth-order valence-electron chi connectivity index (χ4n) is 3.16. The summed E-state index contributed by atoms with van der Waals surface area (Å²) in [6.45, 7) is 2.97. The van der Waals surface area contributed by atoms with E-state index in [4.69, 9.17) is 22.1 Å². The molecular weight excluding hydrogens is 357 g/mol. The van der Waals surface area contributed by atoms with Crippen LogP contribution < -0.4 is 5.73 Å². The van der Waals surface area contributed by atoms with Gasteiger partial charge < -0.3 is 15.5 Å². The smallest absolute Gasteiger partial charge is 0.121 e. The molecule has 0 amide bonds. The minimum Gasteiger partial charge on any atom is -0.386 e. The van der Waals surface area contributed by atoms with Gasteiger partial charge in [-0.05, 0) is 42.3 Å². The molecule has 4 rings (SSSR count). The molecule has 1 atom stereocenters. The van der Waals surface area contributed by atoms with Gasteiger partial charge in [-0.3, -0.25) is 4.99 Å². The van der Waals surface area contributed by atoms with Crippen molar-refractivity contribution in [2.45, 2.75) is 12.5 Å². The molecule has 3 aromatic rings. The number of hydrogen-bond donors (Lipinski definition) is 2. The van der Waals surface area contributed by atoms with Crippen LogP contribution in [-0.2, 0) is 10.3 Å². The van der Waals surface area contributed by atoms with Gasteiger partial charge in [-0.1, -0.05) is 35.9 Å². The molecule has 0 spiro atoms. The van der Waals surface area contributed by atoms with Gasteiger partial charge in [0.05, 0.1) is 6.61 Å². The van der Waals surface area contributed by atoms with Gasteiger partial charge in [0, 0.05) is 21.6 Å². The number of amidine groups is 1. The average Bonchev–Trinajstić information content (AvgIpc) is 2.98. The van der Waals surface area contributed by atoms with Crippen molar-refractivity contribution in [3.05, 3.63) is 59.1 Å². The number of ether oxygens (including phenoxy) is 1. The first-order valence-corrected chi connectivity index (χ1v) is 8.22. The first kappa shape index (κ1) is 17.8. The lowest BCUT2D eigenvalue weighted by Gasteiger charge is -2.30. The average molecular weight is 376 g/mol. The standard InChI is InChI=1S/C19H18ClN3O.ClH/c1-19(11-24-10-18(21)23-19)14-4-2-3-12(7-14)16-8-13-5-6-15(20)9-17(13)22-16;/h2-9,22H,10-11H2,1H3,(H2,21,23);1H. The Morgan fingerprint density at radius 1 is 1.20 bits per heavy atom. The second kappa shape index (κ2) is 6.71. The summed E-state index contributed by atoms with van der Waals surface area (Å²) in [4.78, 5) is 8.04. The number of nitrogens with one attached hydrogen (secondary N) is 1. The van der Waals surface area contributed by atoms with Gasteiger partial charge in [0.25, 0.3) is 0 Å². The first-order valence-electron chi connectivity index (χ1n) is 7.85. The molecule has 2 heterocycles. The summed E-state index contributed by atoms with van der Waals surface area (Å²) in [6.07, 6.45) is 0. The summed E-state index contributed by atoms with van der Waals surface area (Å²) in [7, 11) is 0. The molecule has 0 fully saturated rings. The Bertz CT molecular complexity index is 951. The highest BCUT2D eigenvalue weighted by atomic mass is 35.5. The predicted octanol–water partition coefficient (Wildman–Crippen LogP) is 4.51. The molecule has 1 aromatic heterocycles. The molecule has 3 N–H and O–H groups in total. The topological polar surface area (TPSA) is 63.4 Å². The first-order chi connectivity index (χ1) is 11.5. The molecule has 25 heavy (non-hydrogen) atoms.